The number of hydrogen-bond donors (Lipinski definition) is 1. The monoisotopic (exact) mass is 295 g/mol. The van der Waals surface area contributed by atoms with Crippen molar-refractivity contribution in [2.24, 2.45) is 0 Å². The largest absolute Gasteiger partial charge is 0.493 e. The van der Waals surface area contributed by atoms with Gasteiger partial charge in [0.05, 0.1) is 13.4 Å². The van der Waals surface area contributed by atoms with Crippen LogP contribution in [0.2, 0.25) is 0 Å². The van der Waals surface area contributed by atoms with Gasteiger partial charge >= 0.3 is 0 Å². The van der Waals surface area contributed by atoms with Crippen LogP contribution in [0.15, 0.2) is 27.3 Å². The van der Waals surface area contributed by atoms with Gasteiger partial charge in [-0.1, -0.05) is 0 Å². The molecule has 3 nitrogen and oxygen atoms in total. The second-order valence-corrected chi connectivity index (χ2v) is 5.09. The van der Waals surface area contributed by atoms with E-state index in [0.29, 0.717) is 6.04 Å². The number of fused-ring (bicyclic) bond motifs is 1. The summed E-state index contributed by atoms with van der Waals surface area (Å²) in [7, 11) is 1.68. The number of furan rings is 1. The van der Waals surface area contributed by atoms with Crippen LogP contribution in [0.3, 0.4) is 0 Å². The minimum atomic E-state index is 0.414. The molecule has 0 radical (unpaired) electrons. The molecule has 2 aromatic rings. The summed E-state index contributed by atoms with van der Waals surface area (Å²) in [6, 6.07) is 4.46. The highest BCUT2D eigenvalue weighted by Gasteiger charge is 2.22. The third kappa shape index (κ3) is 1.76. The van der Waals surface area contributed by atoms with Crippen LogP contribution in [0.4, 0.5) is 0 Å². The molecule has 2 heterocycles. The van der Waals surface area contributed by atoms with E-state index >= 15 is 0 Å². The van der Waals surface area contributed by atoms with E-state index in [4.69, 9.17) is 9.15 Å². The first-order valence-electron chi connectivity index (χ1n) is 5.78. The van der Waals surface area contributed by atoms with Gasteiger partial charge in [-0.05, 0) is 53.0 Å². The van der Waals surface area contributed by atoms with E-state index in [0.717, 1.165) is 27.7 Å². The van der Waals surface area contributed by atoms with Crippen LogP contribution >= 0.6 is 15.9 Å². The summed E-state index contributed by atoms with van der Waals surface area (Å²) in [5.74, 6) is 0.803. The molecule has 0 saturated carbocycles. The molecule has 0 amide bonds. The predicted octanol–water partition coefficient (Wildman–Crippen LogP) is 3.63. The van der Waals surface area contributed by atoms with Crippen molar-refractivity contribution in [2.75, 3.05) is 13.7 Å². The van der Waals surface area contributed by atoms with Gasteiger partial charge in [0.25, 0.3) is 0 Å². The van der Waals surface area contributed by atoms with Crippen LogP contribution in [0, 0.1) is 0 Å². The summed E-state index contributed by atoms with van der Waals surface area (Å²) in [5, 5.41) is 4.58. The number of nitrogens with one attached hydrogen (secondary N) is 1. The lowest BCUT2D eigenvalue weighted by molar-refractivity contribution is 0.409. The number of methoxy groups -OCH3 is 1. The van der Waals surface area contributed by atoms with Gasteiger partial charge in [0.1, 0.15) is 0 Å². The van der Waals surface area contributed by atoms with Crippen LogP contribution in [0.1, 0.15) is 24.4 Å². The number of halogens is 1. The zero-order chi connectivity index (χ0) is 11.8. The average molecular weight is 296 g/mol. The third-order valence-corrected chi connectivity index (χ3v) is 4.21. The fourth-order valence-corrected chi connectivity index (χ4v) is 3.16. The molecular formula is C13H14BrNO2. The van der Waals surface area contributed by atoms with Crippen molar-refractivity contribution >= 4 is 26.9 Å². The molecule has 1 aliphatic rings. The molecule has 0 bridgehead atoms. The second kappa shape index (κ2) is 4.35. The molecule has 1 atom stereocenters. The van der Waals surface area contributed by atoms with Crippen LogP contribution in [-0.2, 0) is 0 Å². The lowest BCUT2D eigenvalue weighted by Gasteiger charge is -2.15. The summed E-state index contributed by atoms with van der Waals surface area (Å²) >= 11 is 3.68. The zero-order valence-corrected chi connectivity index (χ0v) is 11.2. The van der Waals surface area contributed by atoms with Crippen LogP contribution < -0.4 is 10.1 Å². The van der Waals surface area contributed by atoms with E-state index in [1.807, 2.05) is 6.07 Å². The van der Waals surface area contributed by atoms with E-state index in [9.17, 15) is 0 Å². The SMILES string of the molecule is COc1cc(C2CCCN2)c(Br)c2ccoc12. The second-order valence-electron chi connectivity index (χ2n) is 4.29. The molecule has 1 unspecified atom stereocenters. The van der Waals surface area contributed by atoms with Gasteiger partial charge in [0.15, 0.2) is 11.3 Å². The molecular weight excluding hydrogens is 282 g/mol. The van der Waals surface area contributed by atoms with Crippen molar-refractivity contribution in [3.05, 3.63) is 28.4 Å². The molecule has 1 N–H and O–H groups in total. The Morgan fingerprint density at radius 3 is 3.12 bits per heavy atom. The molecule has 3 rings (SSSR count). The Morgan fingerprint density at radius 2 is 2.41 bits per heavy atom. The Bertz CT molecular complexity index is 544. The maximum atomic E-state index is 5.46. The minimum absolute atomic E-state index is 0.414. The molecule has 1 saturated heterocycles. The Balaban J connectivity index is 2.20. The Hall–Kier alpha value is -1.00. The topological polar surface area (TPSA) is 34.4 Å². The normalized spacial score (nSPS) is 20.0. The molecule has 1 aromatic heterocycles. The minimum Gasteiger partial charge on any atom is -0.493 e. The van der Waals surface area contributed by atoms with Crippen LogP contribution in [-0.4, -0.2) is 13.7 Å². The predicted molar refractivity (Wildman–Crippen MR) is 70.4 cm³/mol. The Kier molecular flexibility index (Phi) is 2.84. The maximum absolute atomic E-state index is 5.46. The smallest absolute Gasteiger partial charge is 0.176 e. The third-order valence-electron chi connectivity index (χ3n) is 3.32. The number of benzene rings is 1. The van der Waals surface area contributed by atoms with Gasteiger partial charge in [-0.3, -0.25) is 0 Å². The number of rotatable bonds is 2. The van der Waals surface area contributed by atoms with Gasteiger partial charge in [-0.2, -0.15) is 0 Å². The van der Waals surface area contributed by atoms with Crippen molar-refractivity contribution in [3.8, 4) is 5.75 Å². The van der Waals surface area contributed by atoms with Crippen molar-refractivity contribution in [2.45, 2.75) is 18.9 Å². The average Bonchev–Trinajstić information content (AvgIpc) is 3.00. The highest BCUT2D eigenvalue weighted by Crippen LogP contribution is 2.40. The van der Waals surface area contributed by atoms with Crippen molar-refractivity contribution in [1.82, 2.24) is 5.32 Å². The van der Waals surface area contributed by atoms with Gasteiger partial charge in [-0.25, -0.2) is 0 Å². The van der Waals surface area contributed by atoms with E-state index < -0.39 is 0 Å². The first kappa shape index (κ1) is 11.1. The lowest BCUT2D eigenvalue weighted by atomic mass is 10.0. The molecule has 1 fully saturated rings. The van der Waals surface area contributed by atoms with E-state index in [-0.39, 0.29) is 0 Å². The summed E-state index contributed by atoms with van der Waals surface area (Å²) in [6.07, 6.45) is 4.10. The standard InChI is InChI=1S/C13H14BrNO2/c1-16-11-7-9(10-3-2-5-15-10)12(14)8-4-6-17-13(8)11/h4,6-7,10,15H,2-3,5H2,1H3. The Morgan fingerprint density at radius 1 is 1.53 bits per heavy atom. The number of hydrogen-bond acceptors (Lipinski definition) is 3. The first-order valence-corrected chi connectivity index (χ1v) is 6.57. The lowest BCUT2D eigenvalue weighted by Crippen LogP contribution is -2.13. The summed E-state index contributed by atoms with van der Waals surface area (Å²) in [4.78, 5) is 0. The molecule has 1 aromatic carbocycles. The van der Waals surface area contributed by atoms with Gasteiger partial charge in [-0.15, -0.1) is 0 Å². The maximum Gasteiger partial charge on any atom is 0.176 e. The summed E-state index contributed by atoms with van der Waals surface area (Å²) in [5.41, 5.74) is 2.06. The van der Waals surface area contributed by atoms with Gasteiger partial charge in [0.2, 0.25) is 0 Å². The number of ether oxygens (including phenoxy) is 1. The molecule has 0 aliphatic carbocycles. The van der Waals surface area contributed by atoms with Gasteiger partial charge in [0, 0.05) is 15.9 Å². The molecule has 1 aliphatic heterocycles. The van der Waals surface area contributed by atoms with Crippen molar-refractivity contribution < 1.29 is 9.15 Å². The van der Waals surface area contributed by atoms with Crippen LogP contribution in [0.5, 0.6) is 5.75 Å². The van der Waals surface area contributed by atoms with Crippen molar-refractivity contribution in [1.29, 1.82) is 0 Å². The fraction of sp³-hybridized carbons (Fsp3) is 0.385. The van der Waals surface area contributed by atoms with Crippen molar-refractivity contribution in [3.63, 3.8) is 0 Å². The molecule has 17 heavy (non-hydrogen) atoms. The quantitative estimate of drug-likeness (QED) is 0.919. The molecule has 0 spiro atoms. The molecule has 90 valence electrons. The Labute approximate surface area is 108 Å². The summed E-state index contributed by atoms with van der Waals surface area (Å²) < 4.78 is 12.0. The molecule has 4 heteroatoms. The zero-order valence-electron chi connectivity index (χ0n) is 9.63. The highest BCUT2D eigenvalue weighted by molar-refractivity contribution is 9.10. The fourth-order valence-electron chi connectivity index (χ4n) is 2.45. The highest BCUT2D eigenvalue weighted by atomic mass is 79.9. The van der Waals surface area contributed by atoms with E-state index in [2.05, 4.69) is 27.3 Å². The van der Waals surface area contributed by atoms with Gasteiger partial charge < -0.3 is 14.5 Å². The van der Waals surface area contributed by atoms with E-state index in [1.165, 1.54) is 18.4 Å². The van der Waals surface area contributed by atoms with E-state index in [1.54, 1.807) is 13.4 Å². The van der Waals surface area contributed by atoms with Crippen LogP contribution in [0.25, 0.3) is 11.0 Å². The first-order chi connectivity index (χ1) is 8.31. The summed E-state index contributed by atoms with van der Waals surface area (Å²) in [6.45, 7) is 1.09.